The maximum absolute atomic E-state index is 10.8. The first-order valence-electron chi connectivity index (χ1n) is 10.7. The largest absolute Gasteiger partial charge is 0.497 e. The fourth-order valence-electron chi connectivity index (χ4n) is 3.77. The Kier molecular flexibility index (Phi) is 10.5. The van der Waals surface area contributed by atoms with Gasteiger partial charge in [0.2, 0.25) is 0 Å². The van der Waals surface area contributed by atoms with Crippen LogP contribution in [-0.2, 0) is 5.60 Å². The molecule has 2 aromatic rings. The first kappa shape index (κ1) is 25.9. The van der Waals surface area contributed by atoms with Gasteiger partial charge in [-0.2, -0.15) is 0 Å². The van der Waals surface area contributed by atoms with Crippen molar-refractivity contribution in [3.63, 3.8) is 0 Å². The molecular weight excluding hydrogens is 523 g/mol. The zero-order valence-electron chi connectivity index (χ0n) is 18.6. The van der Waals surface area contributed by atoms with Crippen molar-refractivity contribution >= 4 is 41.3 Å². The van der Waals surface area contributed by atoms with Gasteiger partial charge >= 0.3 is 0 Å². The molecule has 1 aromatic carbocycles. The summed E-state index contributed by atoms with van der Waals surface area (Å²) >= 11 is 1.55. The summed E-state index contributed by atoms with van der Waals surface area (Å²) in [5.41, 5.74) is 0.299. The standard InChI is InChI=1S/C23H34N4O2S.HI/c1-4-24-22(26-17-23(2,28)21-8-7-15-30-21)25-16-20(27-13-5-6-14-27)18-9-11-19(29-3)12-10-18;/h7-12,15,20,28H,4-6,13-14,16-17H2,1-3H3,(H2,24,25,26);1H. The molecule has 8 heteroatoms. The third kappa shape index (κ3) is 7.34. The monoisotopic (exact) mass is 558 g/mol. The smallest absolute Gasteiger partial charge is 0.191 e. The van der Waals surface area contributed by atoms with Gasteiger partial charge in [0.1, 0.15) is 11.4 Å². The van der Waals surface area contributed by atoms with E-state index in [1.165, 1.54) is 18.4 Å². The maximum Gasteiger partial charge on any atom is 0.191 e. The Morgan fingerprint density at radius 2 is 1.94 bits per heavy atom. The number of nitrogens with zero attached hydrogens (tertiary/aromatic N) is 2. The summed E-state index contributed by atoms with van der Waals surface area (Å²) in [5, 5.41) is 19.6. The highest BCUT2D eigenvalue weighted by Gasteiger charge is 2.25. The van der Waals surface area contributed by atoms with E-state index in [4.69, 9.17) is 4.74 Å². The Labute approximate surface area is 207 Å². The van der Waals surface area contributed by atoms with Crippen molar-refractivity contribution in [3.8, 4) is 5.75 Å². The van der Waals surface area contributed by atoms with Crippen LogP contribution in [0.1, 0.15) is 43.2 Å². The van der Waals surface area contributed by atoms with Crippen LogP contribution in [0.25, 0.3) is 0 Å². The second kappa shape index (κ2) is 12.6. The molecule has 0 bridgehead atoms. The summed E-state index contributed by atoms with van der Waals surface area (Å²) < 4.78 is 5.32. The summed E-state index contributed by atoms with van der Waals surface area (Å²) in [6, 6.07) is 12.5. The van der Waals surface area contributed by atoms with E-state index in [9.17, 15) is 5.11 Å². The number of rotatable bonds is 9. The van der Waals surface area contributed by atoms with E-state index in [1.807, 2.05) is 36.6 Å². The van der Waals surface area contributed by atoms with E-state index in [0.717, 1.165) is 42.8 Å². The van der Waals surface area contributed by atoms with Crippen molar-refractivity contribution in [2.24, 2.45) is 4.99 Å². The van der Waals surface area contributed by atoms with Crippen LogP contribution in [0.4, 0.5) is 0 Å². The average Bonchev–Trinajstić information content (AvgIpc) is 3.47. The van der Waals surface area contributed by atoms with Crippen molar-refractivity contribution in [2.75, 3.05) is 39.8 Å². The molecule has 3 N–H and O–H groups in total. The summed E-state index contributed by atoms with van der Waals surface area (Å²) in [4.78, 5) is 8.13. The number of likely N-dealkylation sites (tertiary alicyclic amines) is 1. The van der Waals surface area contributed by atoms with Crippen molar-refractivity contribution in [2.45, 2.75) is 38.3 Å². The van der Waals surface area contributed by atoms with E-state index in [-0.39, 0.29) is 30.0 Å². The SMILES string of the molecule is CCNC(=NCC(C)(O)c1cccs1)NCC(c1ccc(OC)cc1)N1CCCC1.I. The fourth-order valence-corrected chi connectivity index (χ4v) is 4.55. The van der Waals surface area contributed by atoms with Gasteiger partial charge in [-0.25, -0.2) is 4.99 Å². The van der Waals surface area contributed by atoms with Gasteiger partial charge in [0, 0.05) is 18.0 Å². The number of nitrogens with one attached hydrogen (secondary N) is 2. The number of hydrogen-bond donors (Lipinski definition) is 3. The number of thiophene rings is 1. The molecule has 1 aliphatic rings. The van der Waals surface area contributed by atoms with E-state index in [0.29, 0.717) is 6.54 Å². The predicted octanol–water partition coefficient (Wildman–Crippen LogP) is 3.97. The van der Waals surface area contributed by atoms with E-state index in [1.54, 1.807) is 18.4 Å². The van der Waals surface area contributed by atoms with Gasteiger partial charge < -0.3 is 20.5 Å². The number of guanidine groups is 1. The van der Waals surface area contributed by atoms with E-state index >= 15 is 0 Å². The summed E-state index contributed by atoms with van der Waals surface area (Å²) in [5.74, 6) is 1.60. The fraction of sp³-hybridized carbons (Fsp3) is 0.522. The Morgan fingerprint density at radius 1 is 1.23 bits per heavy atom. The molecule has 1 fully saturated rings. The molecule has 0 radical (unpaired) electrons. The zero-order chi connectivity index (χ0) is 21.4. The van der Waals surface area contributed by atoms with Crippen LogP contribution in [0.5, 0.6) is 5.75 Å². The maximum atomic E-state index is 10.8. The van der Waals surface area contributed by atoms with Crippen LogP contribution in [-0.4, -0.2) is 55.8 Å². The van der Waals surface area contributed by atoms with Crippen LogP contribution in [0.15, 0.2) is 46.8 Å². The van der Waals surface area contributed by atoms with Crippen LogP contribution in [0, 0.1) is 0 Å². The third-order valence-electron chi connectivity index (χ3n) is 5.49. The average molecular weight is 559 g/mol. The second-order valence-corrected chi connectivity index (χ2v) is 8.81. The molecule has 2 atom stereocenters. The number of halogens is 1. The molecule has 2 heterocycles. The topological polar surface area (TPSA) is 69.1 Å². The highest BCUT2D eigenvalue weighted by atomic mass is 127. The second-order valence-electron chi connectivity index (χ2n) is 7.86. The molecule has 172 valence electrons. The summed E-state index contributed by atoms with van der Waals surface area (Å²) in [6.45, 7) is 7.91. The lowest BCUT2D eigenvalue weighted by Gasteiger charge is -2.29. The molecule has 31 heavy (non-hydrogen) atoms. The van der Waals surface area contributed by atoms with Crippen molar-refractivity contribution < 1.29 is 9.84 Å². The number of hydrogen-bond acceptors (Lipinski definition) is 5. The highest BCUT2D eigenvalue weighted by molar-refractivity contribution is 14.0. The van der Waals surface area contributed by atoms with Crippen molar-refractivity contribution in [1.29, 1.82) is 0 Å². The zero-order valence-corrected chi connectivity index (χ0v) is 21.8. The molecule has 0 amide bonds. The van der Waals surface area contributed by atoms with Crippen molar-refractivity contribution in [1.82, 2.24) is 15.5 Å². The molecule has 1 aromatic heterocycles. The van der Waals surface area contributed by atoms with Gasteiger partial charge in [0.15, 0.2) is 5.96 Å². The van der Waals surface area contributed by atoms with Crippen molar-refractivity contribution in [3.05, 3.63) is 52.2 Å². The van der Waals surface area contributed by atoms with Gasteiger partial charge in [0.25, 0.3) is 0 Å². The van der Waals surface area contributed by atoms with E-state index < -0.39 is 5.60 Å². The molecule has 1 aliphatic heterocycles. The Bertz CT molecular complexity index is 790. The molecule has 6 nitrogen and oxygen atoms in total. The van der Waals surface area contributed by atoms with Crippen LogP contribution >= 0.6 is 35.3 Å². The van der Waals surface area contributed by atoms with Gasteiger partial charge in [0.05, 0.1) is 19.7 Å². The predicted molar refractivity (Wildman–Crippen MR) is 140 cm³/mol. The molecule has 3 rings (SSSR count). The quantitative estimate of drug-likeness (QED) is 0.247. The lowest BCUT2D eigenvalue weighted by Crippen LogP contribution is -2.43. The van der Waals surface area contributed by atoms with Crippen LogP contribution in [0.3, 0.4) is 0 Å². The summed E-state index contributed by atoms with van der Waals surface area (Å²) in [7, 11) is 1.69. The minimum atomic E-state index is -0.971. The number of ether oxygens (including phenoxy) is 1. The number of aliphatic hydroxyl groups is 1. The van der Waals surface area contributed by atoms with Gasteiger partial charge in [-0.3, -0.25) is 4.90 Å². The molecule has 1 saturated heterocycles. The molecule has 0 saturated carbocycles. The van der Waals surface area contributed by atoms with Gasteiger partial charge in [-0.1, -0.05) is 18.2 Å². The molecule has 0 spiro atoms. The molecule has 2 unspecified atom stereocenters. The Morgan fingerprint density at radius 3 is 2.52 bits per heavy atom. The lowest BCUT2D eigenvalue weighted by molar-refractivity contribution is 0.0711. The van der Waals surface area contributed by atoms with Crippen LogP contribution in [0.2, 0.25) is 0 Å². The molecular formula is C23H35IN4O2S. The first-order valence-corrected chi connectivity index (χ1v) is 11.6. The number of aliphatic imine (C=N–C) groups is 1. The number of methoxy groups -OCH3 is 1. The summed E-state index contributed by atoms with van der Waals surface area (Å²) in [6.07, 6.45) is 2.48. The minimum absolute atomic E-state index is 0. The third-order valence-corrected chi connectivity index (χ3v) is 6.61. The Hall–Kier alpha value is -1.36. The highest BCUT2D eigenvalue weighted by Crippen LogP contribution is 2.27. The first-order chi connectivity index (χ1) is 14.5. The normalized spacial score (nSPS) is 17.5. The number of benzene rings is 1. The van der Waals surface area contributed by atoms with E-state index in [2.05, 4.69) is 39.6 Å². The van der Waals surface area contributed by atoms with Crippen LogP contribution < -0.4 is 15.4 Å². The molecule has 0 aliphatic carbocycles. The Balaban J connectivity index is 0.00000341. The van der Waals surface area contributed by atoms with Gasteiger partial charge in [-0.15, -0.1) is 35.3 Å². The lowest BCUT2D eigenvalue weighted by atomic mass is 10.1. The van der Waals surface area contributed by atoms with Gasteiger partial charge in [-0.05, 0) is 68.9 Å². The minimum Gasteiger partial charge on any atom is -0.497 e.